The highest BCUT2D eigenvalue weighted by molar-refractivity contribution is 7.92. The topological polar surface area (TPSA) is 71.1 Å². The molecule has 0 atom stereocenters. The lowest BCUT2D eigenvalue weighted by Crippen LogP contribution is -2.33. The summed E-state index contributed by atoms with van der Waals surface area (Å²) in [6.45, 7) is 0. The number of nitrogens with zero attached hydrogens (tertiary/aromatic N) is 1. The minimum Gasteiger partial charge on any atom is -0.356 e. The molecule has 4 rings (SSSR count). The van der Waals surface area contributed by atoms with E-state index in [2.05, 4.69) is 15.0 Å². The molecule has 0 spiro atoms. The van der Waals surface area contributed by atoms with Gasteiger partial charge >= 0.3 is 6.18 Å². The summed E-state index contributed by atoms with van der Waals surface area (Å²) in [5.74, 6) is 0. The molecule has 2 saturated carbocycles. The van der Waals surface area contributed by atoms with Crippen LogP contribution in [0.5, 0.6) is 0 Å². The van der Waals surface area contributed by atoms with Gasteiger partial charge in [-0.25, -0.2) is 13.4 Å². The Morgan fingerprint density at radius 3 is 2.29 bits per heavy atom. The molecular weight excluding hydrogens is 411 g/mol. The summed E-state index contributed by atoms with van der Waals surface area (Å²) in [4.78, 5) is 4.53. The Balaban J connectivity index is 1.47. The van der Waals surface area contributed by atoms with Gasteiger partial charge in [0.1, 0.15) is 0 Å². The minimum atomic E-state index is -4.15. The second-order valence-electron chi connectivity index (χ2n) is 7.85. The quantitative estimate of drug-likeness (QED) is 0.709. The molecule has 1 heterocycles. The van der Waals surface area contributed by atoms with E-state index >= 15 is 0 Å². The Kier molecular flexibility index (Phi) is 4.42. The number of anilines is 2. The summed E-state index contributed by atoms with van der Waals surface area (Å²) >= 11 is 1.37. The van der Waals surface area contributed by atoms with Gasteiger partial charge in [-0.3, -0.25) is 4.72 Å². The number of halogens is 3. The van der Waals surface area contributed by atoms with Gasteiger partial charge in [0.15, 0.2) is 5.13 Å². The van der Waals surface area contributed by atoms with E-state index in [1.54, 1.807) is 24.3 Å². The molecule has 2 bridgehead atoms. The molecule has 2 aliphatic carbocycles. The summed E-state index contributed by atoms with van der Waals surface area (Å²) in [7, 11) is -3.34. The third-order valence-electron chi connectivity index (χ3n) is 5.80. The van der Waals surface area contributed by atoms with Crippen LogP contribution < -0.4 is 10.0 Å². The average Bonchev–Trinajstić information content (AvgIpc) is 3.28. The molecule has 1 aromatic carbocycles. The first-order valence-electron chi connectivity index (χ1n) is 8.88. The number of thiazole rings is 1. The van der Waals surface area contributed by atoms with Gasteiger partial charge in [-0.1, -0.05) is 12.1 Å². The standard InChI is InChI=1S/C18H20F3N3O2S2/c1-28(25,26)24-13-4-2-12(3-5-13)14-10-27-15(22-14)23-17-8-6-16(11-17,7-9-17)18(19,20)21/h2-5,10,24H,6-9,11H2,1H3,(H,22,23). The number of fused-ring (bicyclic) bond motifs is 2. The number of hydrogen-bond acceptors (Lipinski definition) is 5. The minimum absolute atomic E-state index is 0.115. The van der Waals surface area contributed by atoms with E-state index < -0.39 is 27.2 Å². The van der Waals surface area contributed by atoms with Crippen molar-refractivity contribution in [3.63, 3.8) is 0 Å². The van der Waals surface area contributed by atoms with Gasteiger partial charge in [0, 0.05) is 22.2 Å². The van der Waals surface area contributed by atoms with Crippen LogP contribution in [-0.4, -0.2) is 31.4 Å². The van der Waals surface area contributed by atoms with Gasteiger partial charge in [-0.2, -0.15) is 13.2 Å². The zero-order chi connectivity index (χ0) is 20.2. The van der Waals surface area contributed by atoms with Crippen molar-refractivity contribution in [2.75, 3.05) is 16.3 Å². The molecule has 0 saturated heterocycles. The maximum absolute atomic E-state index is 13.4. The zero-order valence-corrected chi connectivity index (χ0v) is 16.8. The maximum atomic E-state index is 13.4. The molecule has 152 valence electrons. The van der Waals surface area contributed by atoms with Crippen LogP contribution in [0.4, 0.5) is 24.0 Å². The van der Waals surface area contributed by atoms with E-state index in [0.717, 1.165) is 11.8 Å². The van der Waals surface area contributed by atoms with Gasteiger partial charge in [0.2, 0.25) is 10.0 Å². The molecule has 0 unspecified atom stereocenters. The third kappa shape index (κ3) is 3.59. The van der Waals surface area contributed by atoms with Crippen molar-refractivity contribution >= 4 is 32.2 Å². The zero-order valence-electron chi connectivity index (χ0n) is 15.1. The molecule has 5 nitrogen and oxygen atoms in total. The summed E-state index contributed by atoms with van der Waals surface area (Å²) < 4.78 is 65.2. The Hall–Kier alpha value is -1.81. The van der Waals surface area contributed by atoms with Gasteiger partial charge in [-0.15, -0.1) is 11.3 Å². The van der Waals surface area contributed by atoms with Crippen molar-refractivity contribution in [3.05, 3.63) is 29.6 Å². The first kappa shape index (κ1) is 19.5. The van der Waals surface area contributed by atoms with E-state index in [9.17, 15) is 21.6 Å². The van der Waals surface area contributed by atoms with Crippen LogP contribution in [0.25, 0.3) is 11.3 Å². The number of aromatic nitrogens is 1. The SMILES string of the molecule is CS(=O)(=O)Nc1ccc(-c2csc(NC34CCC(C(F)(F)F)(CC3)C4)n2)cc1. The summed E-state index contributed by atoms with van der Waals surface area (Å²) in [6.07, 6.45) is -1.58. The van der Waals surface area contributed by atoms with E-state index in [1.165, 1.54) is 11.3 Å². The second-order valence-corrected chi connectivity index (χ2v) is 10.5. The summed E-state index contributed by atoms with van der Waals surface area (Å²) in [5, 5.41) is 5.76. The number of nitrogens with one attached hydrogen (secondary N) is 2. The van der Waals surface area contributed by atoms with Crippen LogP contribution >= 0.6 is 11.3 Å². The Labute approximate surface area is 165 Å². The number of benzene rings is 1. The predicted molar refractivity (Wildman–Crippen MR) is 104 cm³/mol. The normalized spacial score (nSPS) is 27.1. The Morgan fingerprint density at radius 1 is 1.11 bits per heavy atom. The monoisotopic (exact) mass is 431 g/mol. The fraction of sp³-hybridized carbons (Fsp3) is 0.500. The highest BCUT2D eigenvalue weighted by Gasteiger charge is 2.66. The Bertz CT molecular complexity index is 976. The third-order valence-corrected chi connectivity index (χ3v) is 7.17. The lowest BCUT2D eigenvalue weighted by atomic mass is 9.83. The molecule has 10 heteroatoms. The van der Waals surface area contributed by atoms with Gasteiger partial charge < -0.3 is 5.32 Å². The predicted octanol–water partition coefficient (Wildman–Crippen LogP) is 4.86. The lowest BCUT2D eigenvalue weighted by Gasteiger charge is -2.29. The Morgan fingerprint density at radius 2 is 1.75 bits per heavy atom. The second kappa shape index (κ2) is 6.35. The van der Waals surface area contributed by atoms with E-state index in [0.29, 0.717) is 29.4 Å². The van der Waals surface area contributed by atoms with Crippen LogP contribution in [0.15, 0.2) is 29.6 Å². The number of rotatable bonds is 5. The molecule has 1 aromatic heterocycles. The van der Waals surface area contributed by atoms with Crippen LogP contribution in [-0.2, 0) is 10.0 Å². The molecule has 28 heavy (non-hydrogen) atoms. The smallest absolute Gasteiger partial charge is 0.356 e. The van der Waals surface area contributed by atoms with E-state index in [1.807, 2.05) is 5.38 Å². The number of sulfonamides is 1. The molecule has 2 aromatic rings. The first-order chi connectivity index (χ1) is 13.0. The van der Waals surface area contributed by atoms with Crippen molar-refractivity contribution in [3.8, 4) is 11.3 Å². The first-order valence-corrected chi connectivity index (χ1v) is 11.7. The molecule has 0 aliphatic heterocycles. The highest BCUT2D eigenvalue weighted by atomic mass is 32.2. The van der Waals surface area contributed by atoms with Crippen molar-refractivity contribution in [1.82, 2.24) is 4.98 Å². The fourth-order valence-electron chi connectivity index (χ4n) is 4.37. The van der Waals surface area contributed by atoms with E-state index in [4.69, 9.17) is 0 Å². The molecule has 2 fully saturated rings. The van der Waals surface area contributed by atoms with Crippen molar-refractivity contribution < 1.29 is 21.6 Å². The number of alkyl halides is 3. The molecular formula is C18H20F3N3O2S2. The van der Waals surface area contributed by atoms with Gasteiger partial charge in [0.05, 0.1) is 17.4 Å². The molecule has 2 N–H and O–H groups in total. The van der Waals surface area contributed by atoms with Crippen LogP contribution in [0, 0.1) is 5.41 Å². The summed E-state index contributed by atoms with van der Waals surface area (Å²) in [6, 6.07) is 6.80. The van der Waals surface area contributed by atoms with Crippen molar-refractivity contribution in [2.45, 2.75) is 43.8 Å². The van der Waals surface area contributed by atoms with Crippen molar-refractivity contribution in [2.24, 2.45) is 5.41 Å². The van der Waals surface area contributed by atoms with E-state index in [-0.39, 0.29) is 19.3 Å². The largest absolute Gasteiger partial charge is 0.394 e. The van der Waals surface area contributed by atoms with Gasteiger partial charge in [0.25, 0.3) is 0 Å². The van der Waals surface area contributed by atoms with Crippen LogP contribution in [0.1, 0.15) is 32.1 Å². The van der Waals surface area contributed by atoms with Crippen molar-refractivity contribution in [1.29, 1.82) is 0 Å². The highest BCUT2D eigenvalue weighted by Crippen LogP contribution is 2.64. The lowest BCUT2D eigenvalue weighted by molar-refractivity contribution is -0.220. The fourth-order valence-corrected chi connectivity index (χ4v) is 5.78. The van der Waals surface area contributed by atoms with Gasteiger partial charge in [-0.05, 0) is 44.2 Å². The molecule has 0 amide bonds. The van der Waals surface area contributed by atoms with Crippen LogP contribution in [0.2, 0.25) is 0 Å². The van der Waals surface area contributed by atoms with Crippen LogP contribution in [0.3, 0.4) is 0 Å². The average molecular weight is 432 g/mol. The molecule has 0 radical (unpaired) electrons. The molecule has 2 aliphatic rings. The maximum Gasteiger partial charge on any atom is 0.394 e. The number of hydrogen-bond donors (Lipinski definition) is 2. The summed E-state index contributed by atoms with van der Waals surface area (Å²) in [5.41, 5.74) is -0.0912.